The molecule has 34 heavy (non-hydrogen) atoms. The first-order valence-electron chi connectivity index (χ1n) is 10.9. The minimum atomic E-state index is -0.404. The molecule has 4 aromatic rings. The summed E-state index contributed by atoms with van der Waals surface area (Å²) in [5.74, 6) is 0.965. The van der Waals surface area contributed by atoms with Crippen molar-refractivity contribution < 1.29 is 9.18 Å². The van der Waals surface area contributed by atoms with Gasteiger partial charge in [0.1, 0.15) is 5.82 Å². The molecule has 2 N–H and O–H groups in total. The van der Waals surface area contributed by atoms with Crippen molar-refractivity contribution in [1.29, 1.82) is 0 Å². The molecule has 174 valence electrons. The van der Waals surface area contributed by atoms with Crippen LogP contribution in [-0.2, 0) is 5.75 Å². The van der Waals surface area contributed by atoms with Gasteiger partial charge in [-0.2, -0.15) is 0 Å². The molecule has 1 aromatic heterocycles. The number of aryl methyl sites for hydroxylation is 2. The summed E-state index contributed by atoms with van der Waals surface area (Å²) in [4.78, 5) is 12.6. The predicted octanol–water partition coefficient (Wildman–Crippen LogP) is 6.20. The Morgan fingerprint density at radius 3 is 2.44 bits per heavy atom. The Morgan fingerprint density at radius 1 is 1.00 bits per heavy atom. The van der Waals surface area contributed by atoms with Gasteiger partial charge in [-0.05, 0) is 68.3 Å². The Bertz CT molecular complexity index is 1270. The van der Waals surface area contributed by atoms with E-state index in [-0.39, 0.29) is 11.8 Å². The first kappa shape index (κ1) is 23.5. The maximum Gasteiger partial charge on any atom is 0.319 e. The highest BCUT2D eigenvalue weighted by Gasteiger charge is 2.21. The van der Waals surface area contributed by atoms with Gasteiger partial charge in [-0.3, -0.25) is 4.57 Å². The van der Waals surface area contributed by atoms with E-state index >= 15 is 0 Å². The summed E-state index contributed by atoms with van der Waals surface area (Å²) >= 11 is 1.50. The van der Waals surface area contributed by atoms with Crippen molar-refractivity contribution in [1.82, 2.24) is 20.1 Å². The van der Waals surface area contributed by atoms with Crippen molar-refractivity contribution in [3.63, 3.8) is 0 Å². The lowest BCUT2D eigenvalue weighted by Crippen LogP contribution is -2.32. The van der Waals surface area contributed by atoms with E-state index in [9.17, 15) is 9.18 Å². The van der Waals surface area contributed by atoms with Crippen LogP contribution in [0.5, 0.6) is 0 Å². The van der Waals surface area contributed by atoms with Gasteiger partial charge < -0.3 is 10.6 Å². The van der Waals surface area contributed by atoms with Gasteiger partial charge >= 0.3 is 6.03 Å². The number of amides is 2. The van der Waals surface area contributed by atoms with Crippen LogP contribution in [0.3, 0.4) is 0 Å². The van der Waals surface area contributed by atoms with Crippen LogP contribution in [0.15, 0.2) is 78.0 Å². The first-order valence-corrected chi connectivity index (χ1v) is 11.9. The number of benzene rings is 3. The second kappa shape index (κ2) is 10.5. The zero-order chi connectivity index (χ0) is 24.1. The van der Waals surface area contributed by atoms with Gasteiger partial charge in [0.05, 0.1) is 6.04 Å². The van der Waals surface area contributed by atoms with Crippen LogP contribution in [0.2, 0.25) is 0 Å². The molecule has 6 nitrogen and oxygen atoms in total. The Labute approximate surface area is 202 Å². The molecule has 2 amide bonds. The number of hydrogen-bond donors (Lipinski definition) is 2. The highest BCUT2D eigenvalue weighted by atomic mass is 32.2. The second-order valence-corrected chi connectivity index (χ2v) is 9.06. The molecule has 0 spiro atoms. The standard InChI is InChI=1S/C26H26FN5OS/c1-17-7-13-23(14-8-17)32-24(19(3)28-25(33)29-22-6-4-5-18(2)15-22)30-31-26(32)34-16-20-9-11-21(27)12-10-20/h4-15,19H,16H2,1-3H3,(H2,28,29,33). The van der Waals surface area contributed by atoms with E-state index in [1.54, 1.807) is 12.1 Å². The molecular formula is C26H26FN5OS. The molecule has 8 heteroatoms. The molecule has 0 aliphatic carbocycles. The lowest BCUT2D eigenvalue weighted by Gasteiger charge is -2.17. The number of nitrogens with zero attached hydrogens (tertiary/aromatic N) is 3. The minimum Gasteiger partial charge on any atom is -0.328 e. The minimum absolute atomic E-state index is 0.261. The Hall–Kier alpha value is -3.65. The predicted molar refractivity (Wildman–Crippen MR) is 134 cm³/mol. The van der Waals surface area contributed by atoms with Crippen LogP contribution in [0.25, 0.3) is 5.69 Å². The molecular weight excluding hydrogens is 449 g/mol. The Morgan fingerprint density at radius 2 is 1.74 bits per heavy atom. The van der Waals surface area contributed by atoms with E-state index in [0.29, 0.717) is 16.7 Å². The molecule has 0 saturated heterocycles. The average molecular weight is 476 g/mol. The average Bonchev–Trinajstić information content (AvgIpc) is 3.23. The van der Waals surface area contributed by atoms with E-state index in [1.807, 2.05) is 73.9 Å². The van der Waals surface area contributed by atoms with Crippen LogP contribution in [0.4, 0.5) is 14.9 Å². The first-order chi connectivity index (χ1) is 16.4. The van der Waals surface area contributed by atoms with Crippen molar-refractivity contribution in [2.24, 2.45) is 0 Å². The number of halogens is 1. The molecule has 1 unspecified atom stereocenters. The van der Waals surface area contributed by atoms with E-state index in [4.69, 9.17) is 0 Å². The number of carbonyl (C=O) groups is 1. The molecule has 0 fully saturated rings. The molecule has 0 aliphatic heterocycles. The van der Waals surface area contributed by atoms with Crippen molar-refractivity contribution in [2.75, 3.05) is 5.32 Å². The SMILES string of the molecule is Cc1ccc(-n2c(SCc3ccc(F)cc3)nnc2C(C)NC(=O)Nc2cccc(C)c2)cc1. The second-order valence-electron chi connectivity index (χ2n) is 8.12. The molecule has 4 rings (SSSR count). The van der Waals surface area contributed by atoms with Gasteiger partial charge in [0, 0.05) is 17.1 Å². The van der Waals surface area contributed by atoms with Crippen LogP contribution < -0.4 is 10.6 Å². The quantitative estimate of drug-likeness (QED) is 0.312. The Kier molecular flexibility index (Phi) is 7.27. The summed E-state index contributed by atoms with van der Waals surface area (Å²) in [6.45, 7) is 5.88. The van der Waals surface area contributed by atoms with Crippen LogP contribution in [0, 0.1) is 19.7 Å². The molecule has 3 aromatic carbocycles. The van der Waals surface area contributed by atoms with Crippen molar-refractivity contribution in [3.05, 3.63) is 101 Å². The summed E-state index contributed by atoms with van der Waals surface area (Å²) in [5.41, 5.74) is 4.81. The maximum absolute atomic E-state index is 13.2. The monoisotopic (exact) mass is 475 g/mol. The highest BCUT2D eigenvalue weighted by Crippen LogP contribution is 2.28. The van der Waals surface area contributed by atoms with Gasteiger partial charge in [-0.1, -0.05) is 53.7 Å². The van der Waals surface area contributed by atoms with Crippen molar-refractivity contribution in [3.8, 4) is 5.69 Å². The molecule has 0 aliphatic rings. The lowest BCUT2D eigenvalue weighted by atomic mass is 10.2. The van der Waals surface area contributed by atoms with E-state index in [0.717, 1.165) is 28.1 Å². The third kappa shape index (κ3) is 5.82. The molecule has 0 bridgehead atoms. The molecule has 1 heterocycles. The zero-order valence-corrected chi connectivity index (χ0v) is 20.1. The number of anilines is 1. The molecule has 0 saturated carbocycles. The van der Waals surface area contributed by atoms with Gasteiger partial charge in [0.15, 0.2) is 11.0 Å². The normalized spacial score (nSPS) is 11.8. The largest absolute Gasteiger partial charge is 0.328 e. The van der Waals surface area contributed by atoms with Crippen LogP contribution in [-0.4, -0.2) is 20.8 Å². The van der Waals surface area contributed by atoms with Crippen LogP contribution in [0.1, 0.15) is 35.5 Å². The van der Waals surface area contributed by atoms with E-state index < -0.39 is 6.04 Å². The molecule has 1 atom stereocenters. The summed E-state index contributed by atoms with van der Waals surface area (Å²) in [6.07, 6.45) is 0. The summed E-state index contributed by atoms with van der Waals surface area (Å²) in [6, 6.07) is 21.4. The highest BCUT2D eigenvalue weighted by molar-refractivity contribution is 7.98. The van der Waals surface area contributed by atoms with Gasteiger partial charge in [0.25, 0.3) is 0 Å². The zero-order valence-electron chi connectivity index (χ0n) is 19.2. The summed E-state index contributed by atoms with van der Waals surface area (Å²) < 4.78 is 15.2. The number of aromatic nitrogens is 3. The fraction of sp³-hybridized carbons (Fsp3) is 0.192. The van der Waals surface area contributed by atoms with Crippen molar-refractivity contribution >= 4 is 23.5 Å². The third-order valence-electron chi connectivity index (χ3n) is 5.24. The van der Waals surface area contributed by atoms with E-state index in [2.05, 4.69) is 20.8 Å². The Balaban J connectivity index is 1.56. The fourth-order valence-electron chi connectivity index (χ4n) is 3.47. The summed E-state index contributed by atoms with van der Waals surface area (Å²) in [5, 5.41) is 15.3. The number of hydrogen-bond acceptors (Lipinski definition) is 4. The lowest BCUT2D eigenvalue weighted by molar-refractivity contribution is 0.249. The van der Waals surface area contributed by atoms with Gasteiger partial charge in [0.2, 0.25) is 0 Å². The van der Waals surface area contributed by atoms with Crippen molar-refractivity contribution in [2.45, 2.75) is 37.7 Å². The number of nitrogens with one attached hydrogen (secondary N) is 2. The number of urea groups is 1. The van der Waals surface area contributed by atoms with Gasteiger partial charge in [-0.15, -0.1) is 10.2 Å². The molecule has 0 radical (unpaired) electrons. The smallest absolute Gasteiger partial charge is 0.319 e. The van der Waals surface area contributed by atoms with Crippen LogP contribution >= 0.6 is 11.8 Å². The topological polar surface area (TPSA) is 71.8 Å². The van der Waals surface area contributed by atoms with E-state index in [1.165, 1.54) is 23.9 Å². The summed E-state index contributed by atoms with van der Waals surface area (Å²) in [7, 11) is 0. The maximum atomic E-state index is 13.2. The third-order valence-corrected chi connectivity index (χ3v) is 6.24. The number of rotatable bonds is 7. The fourth-order valence-corrected chi connectivity index (χ4v) is 4.39. The number of thioether (sulfide) groups is 1. The van der Waals surface area contributed by atoms with Gasteiger partial charge in [-0.25, -0.2) is 9.18 Å². The number of carbonyl (C=O) groups excluding carboxylic acids is 1.